The molecule has 2 heterocycles. The summed E-state index contributed by atoms with van der Waals surface area (Å²) in [6, 6.07) is 8.21. The molecule has 1 aromatic carbocycles. The molecule has 2 aromatic heterocycles. The molecule has 0 spiro atoms. The quantitative estimate of drug-likeness (QED) is 0.711. The highest BCUT2D eigenvalue weighted by Gasteiger charge is 2.27. The van der Waals surface area contributed by atoms with Gasteiger partial charge in [0, 0.05) is 40.5 Å². The van der Waals surface area contributed by atoms with Crippen molar-refractivity contribution in [2.75, 3.05) is 5.32 Å². The van der Waals surface area contributed by atoms with Gasteiger partial charge in [-0.2, -0.15) is 0 Å². The summed E-state index contributed by atoms with van der Waals surface area (Å²) in [5.74, 6) is 0.547. The predicted octanol–water partition coefficient (Wildman–Crippen LogP) is 4.16. The second-order valence-electron chi connectivity index (χ2n) is 5.73. The highest BCUT2D eigenvalue weighted by Crippen LogP contribution is 2.42. The molecule has 1 N–H and O–H groups in total. The Morgan fingerprint density at radius 3 is 3.04 bits per heavy atom. The number of anilines is 1. The Hall–Kier alpha value is -1.73. The van der Waals surface area contributed by atoms with Gasteiger partial charge in [0.05, 0.1) is 0 Å². The van der Waals surface area contributed by atoms with Crippen LogP contribution in [0.4, 0.5) is 5.13 Å². The van der Waals surface area contributed by atoms with Crippen LogP contribution in [-0.2, 0) is 11.3 Å². The molecule has 0 radical (unpaired) electrons. The summed E-state index contributed by atoms with van der Waals surface area (Å²) in [4.78, 5) is 12.1. The van der Waals surface area contributed by atoms with Crippen LogP contribution in [0.3, 0.4) is 0 Å². The molecule has 118 valence electrons. The van der Waals surface area contributed by atoms with Crippen LogP contribution in [0.1, 0.15) is 30.2 Å². The fraction of sp³-hybridized carbons (Fsp3) is 0.312. The van der Waals surface area contributed by atoms with E-state index in [1.54, 1.807) is 0 Å². The molecule has 1 aliphatic carbocycles. The van der Waals surface area contributed by atoms with Crippen LogP contribution in [0.15, 0.2) is 34.9 Å². The van der Waals surface area contributed by atoms with Crippen LogP contribution in [-0.4, -0.2) is 20.7 Å². The summed E-state index contributed by atoms with van der Waals surface area (Å²) >= 11 is 4.97. The minimum Gasteiger partial charge on any atom is -0.347 e. The first-order valence-corrected chi connectivity index (χ1v) is 9.17. The van der Waals surface area contributed by atoms with Crippen molar-refractivity contribution in [3.63, 3.8) is 0 Å². The molecule has 4 rings (SSSR count). The smallest absolute Gasteiger partial charge is 0.227 e. The molecule has 1 fully saturated rings. The van der Waals surface area contributed by atoms with E-state index in [4.69, 9.17) is 0 Å². The molecular weight excluding hydrogens is 376 g/mol. The fourth-order valence-corrected chi connectivity index (χ4v) is 3.86. The Kier molecular flexibility index (Phi) is 3.90. The minimum absolute atomic E-state index is 0.0255. The van der Waals surface area contributed by atoms with E-state index < -0.39 is 0 Å². The first-order chi connectivity index (χ1) is 11.2. The van der Waals surface area contributed by atoms with Gasteiger partial charge in [0.25, 0.3) is 0 Å². The zero-order valence-corrected chi connectivity index (χ0v) is 14.7. The van der Waals surface area contributed by atoms with Crippen molar-refractivity contribution >= 4 is 49.2 Å². The van der Waals surface area contributed by atoms with E-state index in [1.165, 1.54) is 24.2 Å². The van der Waals surface area contributed by atoms with E-state index in [1.807, 2.05) is 12.3 Å². The van der Waals surface area contributed by atoms with Crippen LogP contribution in [0.25, 0.3) is 10.9 Å². The molecule has 0 unspecified atom stereocenters. The Balaban J connectivity index is 1.38. The maximum Gasteiger partial charge on any atom is 0.227 e. The number of nitrogens with zero attached hydrogens (tertiary/aromatic N) is 3. The van der Waals surface area contributed by atoms with E-state index in [-0.39, 0.29) is 5.91 Å². The van der Waals surface area contributed by atoms with Crippen LogP contribution < -0.4 is 5.32 Å². The highest BCUT2D eigenvalue weighted by atomic mass is 79.9. The van der Waals surface area contributed by atoms with Gasteiger partial charge >= 0.3 is 0 Å². The van der Waals surface area contributed by atoms with Gasteiger partial charge in [-0.3, -0.25) is 4.79 Å². The number of hydrogen-bond acceptors (Lipinski definition) is 4. The third-order valence-corrected chi connectivity index (χ3v) is 5.42. The zero-order valence-electron chi connectivity index (χ0n) is 12.3. The number of carbonyl (C=O) groups is 1. The maximum absolute atomic E-state index is 12.1. The second kappa shape index (κ2) is 6.05. The molecule has 1 aliphatic rings. The van der Waals surface area contributed by atoms with Crippen molar-refractivity contribution in [2.45, 2.75) is 31.7 Å². The lowest BCUT2D eigenvalue weighted by molar-refractivity contribution is -0.116. The lowest BCUT2D eigenvalue weighted by Gasteiger charge is -2.05. The van der Waals surface area contributed by atoms with Gasteiger partial charge in [-0.15, -0.1) is 10.2 Å². The van der Waals surface area contributed by atoms with Crippen LogP contribution in [0, 0.1) is 0 Å². The number of nitrogens with one attached hydrogen (secondary N) is 1. The molecule has 23 heavy (non-hydrogen) atoms. The van der Waals surface area contributed by atoms with Gasteiger partial charge in [-0.1, -0.05) is 27.3 Å². The lowest BCUT2D eigenvalue weighted by Crippen LogP contribution is -2.14. The molecular formula is C16H15BrN4OS. The molecule has 3 aromatic rings. The Labute approximate surface area is 145 Å². The largest absolute Gasteiger partial charge is 0.347 e. The van der Waals surface area contributed by atoms with Crippen molar-refractivity contribution < 1.29 is 4.79 Å². The summed E-state index contributed by atoms with van der Waals surface area (Å²) in [6.07, 6.45) is 4.82. The number of benzene rings is 1. The number of carbonyl (C=O) groups excluding carboxylic acids is 1. The molecule has 0 saturated heterocycles. The summed E-state index contributed by atoms with van der Waals surface area (Å²) in [6.45, 7) is 0.644. The second-order valence-corrected chi connectivity index (χ2v) is 7.65. The highest BCUT2D eigenvalue weighted by molar-refractivity contribution is 9.10. The van der Waals surface area contributed by atoms with Crippen LogP contribution in [0.5, 0.6) is 0 Å². The van der Waals surface area contributed by atoms with E-state index in [0.29, 0.717) is 24.0 Å². The van der Waals surface area contributed by atoms with Gasteiger partial charge in [0.15, 0.2) is 0 Å². The Bertz CT molecular complexity index is 868. The number of halogens is 1. The third-order valence-electron chi connectivity index (χ3n) is 3.93. The number of amides is 1. The maximum atomic E-state index is 12.1. The monoisotopic (exact) mass is 390 g/mol. The minimum atomic E-state index is -0.0255. The first-order valence-electron chi connectivity index (χ1n) is 7.57. The average molecular weight is 391 g/mol. The molecule has 1 saturated carbocycles. The molecule has 0 atom stereocenters. The summed E-state index contributed by atoms with van der Waals surface area (Å²) in [5, 5.41) is 13.8. The molecule has 5 nitrogen and oxygen atoms in total. The normalized spacial score (nSPS) is 14.3. The predicted molar refractivity (Wildman–Crippen MR) is 94.8 cm³/mol. The van der Waals surface area contributed by atoms with Crippen molar-refractivity contribution in [1.82, 2.24) is 14.8 Å². The summed E-state index contributed by atoms with van der Waals surface area (Å²) in [7, 11) is 0. The van der Waals surface area contributed by atoms with E-state index in [0.717, 1.165) is 20.4 Å². The SMILES string of the molecule is O=C(CCn1ccc2cc(Br)ccc21)Nc1nnc(C2CC2)s1. The third kappa shape index (κ3) is 3.30. The van der Waals surface area contributed by atoms with Gasteiger partial charge in [-0.05, 0) is 37.1 Å². The molecule has 1 amide bonds. The Morgan fingerprint density at radius 2 is 2.22 bits per heavy atom. The summed E-state index contributed by atoms with van der Waals surface area (Å²) < 4.78 is 3.15. The van der Waals surface area contributed by atoms with E-state index in [9.17, 15) is 4.79 Å². The van der Waals surface area contributed by atoms with Crippen molar-refractivity contribution in [2.24, 2.45) is 0 Å². The molecule has 0 bridgehead atoms. The van der Waals surface area contributed by atoms with E-state index in [2.05, 4.69) is 54.2 Å². The molecule has 0 aliphatic heterocycles. The summed E-state index contributed by atoms with van der Waals surface area (Å²) in [5.41, 5.74) is 1.13. The van der Waals surface area contributed by atoms with Crippen molar-refractivity contribution in [1.29, 1.82) is 0 Å². The fourth-order valence-electron chi connectivity index (χ4n) is 2.55. The van der Waals surface area contributed by atoms with Crippen LogP contribution in [0.2, 0.25) is 0 Å². The first kappa shape index (κ1) is 14.8. The molecule has 7 heteroatoms. The van der Waals surface area contributed by atoms with Crippen molar-refractivity contribution in [3.8, 4) is 0 Å². The van der Waals surface area contributed by atoms with Gasteiger partial charge < -0.3 is 9.88 Å². The van der Waals surface area contributed by atoms with Gasteiger partial charge in [0.1, 0.15) is 5.01 Å². The number of aryl methyl sites for hydroxylation is 1. The van der Waals surface area contributed by atoms with Crippen LogP contribution >= 0.6 is 27.3 Å². The number of fused-ring (bicyclic) bond motifs is 1. The van der Waals surface area contributed by atoms with E-state index >= 15 is 0 Å². The lowest BCUT2D eigenvalue weighted by atomic mass is 10.2. The zero-order chi connectivity index (χ0) is 15.8. The standard InChI is InChI=1S/C16H15BrN4OS/c17-12-3-4-13-11(9-12)5-7-21(13)8-6-14(22)18-16-20-19-15(23-16)10-1-2-10/h3-5,7,9-10H,1-2,6,8H2,(H,18,20,22). The van der Waals surface area contributed by atoms with Gasteiger partial charge in [-0.25, -0.2) is 0 Å². The van der Waals surface area contributed by atoms with Gasteiger partial charge in [0.2, 0.25) is 11.0 Å². The number of aromatic nitrogens is 3. The van der Waals surface area contributed by atoms with Crippen molar-refractivity contribution in [3.05, 3.63) is 39.9 Å². The topological polar surface area (TPSA) is 59.8 Å². The average Bonchev–Trinajstić information content (AvgIpc) is 3.15. The number of hydrogen-bond donors (Lipinski definition) is 1. The number of rotatable bonds is 5. The Morgan fingerprint density at radius 1 is 1.35 bits per heavy atom.